The maximum Gasteiger partial charge on any atom is 0.317 e. The Morgan fingerprint density at radius 1 is 1.30 bits per heavy atom. The van der Waals surface area contributed by atoms with Crippen molar-refractivity contribution in [2.75, 3.05) is 32.5 Å². The Balaban J connectivity index is 1.39. The Hall–Kier alpha value is -2.28. The highest BCUT2D eigenvalue weighted by Gasteiger charge is 2.26. The van der Waals surface area contributed by atoms with Gasteiger partial charge in [-0.15, -0.1) is 0 Å². The number of fused-ring (bicyclic) bond motifs is 1. The fraction of sp³-hybridized carbons (Fsp3) is 0.600. The zero-order chi connectivity index (χ0) is 19.0. The van der Waals surface area contributed by atoms with Gasteiger partial charge in [0.1, 0.15) is 0 Å². The number of nitrogens with zero attached hydrogens (tertiary/aromatic N) is 3. The van der Waals surface area contributed by atoms with Crippen LogP contribution in [0.5, 0.6) is 0 Å². The normalized spacial score (nSPS) is 19.8. The Kier molecular flexibility index (Phi) is 4.95. The fourth-order valence-corrected chi connectivity index (χ4v) is 3.67. The molecule has 2 N–H and O–H groups in total. The third-order valence-corrected chi connectivity index (χ3v) is 5.81. The summed E-state index contributed by atoms with van der Waals surface area (Å²) in [7, 11) is 4.02. The number of likely N-dealkylation sites (tertiary alicyclic amines) is 1. The van der Waals surface area contributed by atoms with E-state index in [0.29, 0.717) is 12.1 Å². The van der Waals surface area contributed by atoms with Gasteiger partial charge in [0.15, 0.2) is 11.4 Å². The Morgan fingerprint density at radius 2 is 2.04 bits per heavy atom. The number of piperidine rings is 1. The van der Waals surface area contributed by atoms with Gasteiger partial charge in [-0.2, -0.15) is 0 Å². The smallest absolute Gasteiger partial charge is 0.317 e. The summed E-state index contributed by atoms with van der Waals surface area (Å²) in [6.45, 7) is 4.08. The molecule has 0 bridgehead atoms. The SMILES string of the molecule is CC(NC(=O)N(C)C1CCN(C)CC1)c1ccc2c(NC3CC3)noc2c1. The van der Waals surface area contributed by atoms with Crippen LogP contribution in [0, 0.1) is 0 Å². The van der Waals surface area contributed by atoms with E-state index in [1.165, 1.54) is 12.8 Å². The number of hydrogen-bond donors (Lipinski definition) is 2. The second kappa shape index (κ2) is 7.38. The zero-order valence-electron chi connectivity index (χ0n) is 16.4. The number of urea groups is 1. The first kappa shape index (κ1) is 18.1. The van der Waals surface area contributed by atoms with Crippen molar-refractivity contribution in [3.8, 4) is 0 Å². The van der Waals surface area contributed by atoms with Gasteiger partial charge in [-0.3, -0.25) is 0 Å². The molecule has 2 aromatic rings. The van der Waals surface area contributed by atoms with Crippen molar-refractivity contribution in [1.82, 2.24) is 20.3 Å². The molecule has 146 valence electrons. The van der Waals surface area contributed by atoms with Crippen LogP contribution in [0.4, 0.5) is 10.6 Å². The van der Waals surface area contributed by atoms with Crippen LogP contribution in [0.25, 0.3) is 11.0 Å². The zero-order valence-corrected chi connectivity index (χ0v) is 16.4. The molecule has 0 radical (unpaired) electrons. The van der Waals surface area contributed by atoms with Crippen LogP contribution in [0.2, 0.25) is 0 Å². The number of amides is 2. The maximum atomic E-state index is 12.7. The summed E-state index contributed by atoms with van der Waals surface area (Å²) >= 11 is 0. The second-order valence-electron chi connectivity index (χ2n) is 8.02. The molecule has 1 aliphatic carbocycles. The molecular formula is C20H29N5O2. The van der Waals surface area contributed by atoms with E-state index in [2.05, 4.69) is 27.7 Å². The number of nitrogens with one attached hydrogen (secondary N) is 2. The molecule has 27 heavy (non-hydrogen) atoms. The lowest BCUT2D eigenvalue weighted by atomic mass is 10.0. The van der Waals surface area contributed by atoms with Crippen molar-refractivity contribution in [2.24, 2.45) is 0 Å². The number of carbonyl (C=O) groups is 1. The molecule has 0 spiro atoms. The minimum Gasteiger partial charge on any atom is -0.364 e. The van der Waals surface area contributed by atoms with E-state index in [1.807, 2.05) is 37.1 Å². The Morgan fingerprint density at radius 3 is 2.74 bits per heavy atom. The largest absolute Gasteiger partial charge is 0.364 e. The van der Waals surface area contributed by atoms with E-state index >= 15 is 0 Å². The number of rotatable bonds is 5. The lowest BCUT2D eigenvalue weighted by Crippen LogP contribution is -2.48. The molecule has 1 aliphatic heterocycles. The standard InChI is InChI=1S/C20H29N5O2/c1-13(21-20(26)25(3)16-8-10-24(2)11-9-16)14-4-7-17-18(12-14)27-23-19(17)22-15-5-6-15/h4,7,12-13,15-16H,5-6,8-11H2,1-3H3,(H,21,26)(H,22,23). The topological polar surface area (TPSA) is 73.6 Å². The molecule has 1 saturated heterocycles. The van der Waals surface area contributed by atoms with Crippen LogP contribution in [-0.4, -0.2) is 60.3 Å². The van der Waals surface area contributed by atoms with Gasteiger partial charge < -0.3 is 25.0 Å². The van der Waals surface area contributed by atoms with Gasteiger partial charge in [-0.25, -0.2) is 4.79 Å². The fourth-order valence-electron chi connectivity index (χ4n) is 3.67. The van der Waals surface area contributed by atoms with Crippen LogP contribution in [0.1, 0.15) is 44.2 Å². The molecule has 1 saturated carbocycles. The predicted molar refractivity (Wildman–Crippen MR) is 106 cm³/mol. The molecule has 2 fully saturated rings. The van der Waals surface area contributed by atoms with Crippen LogP contribution >= 0.6 is 0 Å². The van der Waals surface area contributed by atoms with Crippen molar-refractivity contribution >= 4 is 22.8 Å². The van der Waals surface area contributed by atoms with Crippen LogP contribution in [-0.2, 0) is 0 Å². The summed E-state index contributed by atoms with van der Waals surface area (Å²) in [5, 5.41) is 11.6. The molecule has 1 unspecified atom stereocenters. The minimum absolute atomic E-state index is 0.0224. The van der Waals surface area contributed by atoms with Crippen molar-refractivity contribution in [3.63, 3.8) is 0 Å². The quantitative estimate of drug-likeness (QED) is 0.844. The third-order valence-electron chi connectivity index (χ3n) is 5.81. The van der Waals surface area contributed by atoms with Crippen LogP contribution in [0.15, 0.2) is 22.7 Å². The number of anilines is 1. The molecule has 2 aliphatic rings. The number of benzene rings is 1. The number of carbonyl (C=O) groups excluding carboxylic acids is 1. The minimum atomic E-state index is -0.0967. The average Bonchev–Trinajstić information content (AvgIpc) is 3.40. The first-order chi connectivity index (χ1) is 13.0. The molecule has 7 heteroatoms. The highest BCUT2D eigenvalue weighted by atomic mass is 16.5. The van der Waals surface area contributed by atoms with Gasteiger partial charge in [0.05, 0.1) is 11.4 Å². The summed E-state index contributed by atoms with van der Waals surface area (Å²) < 4.78 is 5.49. The van der Waals surface area contributed by atoms with E-state index in [4.69, 9.17) is 4.52 Å². The Labute approximate surface area is 160 Å². The number of hydrogen-bond acceptors (Lipinski definition) is 5. The highest BCUT2D eigenvalue weighted by molar-refractivity contribution is 5.88. The van der Waals surface area contributed by atoms with Crippen LogP contribution in [0.3, 0.4) is 0 Å². The van der Waals surface area contributed by atoms with E-state index in [1.54, 1.807) is 0 Å². The highest BCUT2D eigenvalue weighted by Crippen LogP contribution is 2.30. The number of aromatic nitrogens is 1. The third kappa shape index (κ3) is 4.03. The molecule has 1 aromatic heterocycles. The lowest BCUT2D eigenvalue weighted by Gasteiger charge is -2.35. The van der Waals surface area contributed by atoms with Gasteiger partial charge in [-0.05, 0) is 70.4 Å². The monoisotopic (exact) mass is 371 g/mol. The molecule has 1 atom stereocenters. The van der Waals surface area contributed by atoms with Gasteiger partial charge >= 0.3 is 6.03 Å². The van der Waals surface area contributed by atoms with Gasteiger partial charge in [-0.1, -0.05) is 11.2 Å². The summed E-state index contributed by atoms with van der Waals surface area (Å²) in [6.07, 6.45) is 4.44. The van der Waals surface area contributed by atoms with Crippen molar-refractivity contribution in [3.05, 3.63) is 23.8 Å². The summed E-state index contributed by atoms with van der Waals surface area (Å²) in [5.41, 5.74) is 1.77. The van der Waals surface area contributed by atoms with E-state index < -0.39 is 0 Å². The predicted octanol–water partition coefficient (Wildman–Crippen LogP) is 3.20. The molecule has 7 nitrogen and oxygen atoms in total. The van der Waals surface area contributed by atoms with E-state index in [-0.39, 0.29) is 12.1 Å². The second-order valence-corrected chi connectivity index (χ2v) is 8.02. The first-order valence-electron chi connectivity index (χ1n) is 9.89. The summed E-state index contributed by atoms with van der Waals surface area (Å²) in [4.78, 5) is 16.8. The van der Waals surface area contributed by atoms with Gasteiger partial charge in [0.2, 0.25) is 0 Å². The van der Waals surface area contributed by atoms with Crippen molar-refractivity contribution in [2.45, 2.75) is 50.7 Å². The molecule has 1 aromatic carbocycles. The summed E-state index contributed by atoms with van der Waals surface area (Å²) in [5.74, 6) is 0.817. The van der Waals surface area contributed by atoms with E-state index in [0.717, 1.165) is 48.3 Å². The lowest BCUT2D eigenvalue weighted by molar-refractivity contribution is 0.146. The molecular weight excluding hydrogens is 342 g/mol. The average molecular weight is 371 g/mol. The van der Waals surface area contributed by atoms with Gasteiger partial charge in [0, 0.05) is 19.1 Å². The first-order valence-corrected chi connectivity index (χ1v) is 9.89. The van der Waals surface area contributed by atoms with Crippen molar-refractivity contribution < 1.29 is 9.32 Å². The van der Waals surface area contributed by atoms with Crippen molar-refractivity contribution in [1.29, 1.82) is 0 Å². The van der Waals surface area contributed by atoms with Crippen LogP contribution < -0.4 is 10.6 Å². The molecule has 4 rings (SSSR count). The molecule has 2 amide bonds. The summed E-state index contributed by atoms with van der Waals surface area (Å²) in [6, 6.07) is 6.76. The molecule has 2 heterocycles. The maximum absolute atomic E-state index is 12.7. The Bertz CT molecular complexity index is 808. The van der Waals surface area contributed by atoms with E-state index in [9.17, 15) is 4.79 Å². The van der Waals surface area contributed by atoms with Gasteiger partial charge in [0.25, 0.3) is 0 Å².